The van der Waals surface area contributed by atoms with Crippen molar-refractivity contribution in [2.75, 3.05) is 11.5 Å². The Kier molecular flexibility index (Phi) is 4.37. The Hall–Kier alpha value is -1.49. The van der Waals surface area contributed by atoms with E-state index in [1.54, 1.807) is 12.1 Å². The fourth-order valence-corrected chi connectivity index (χ4v) is 1.82. The van der Waals surface area contributed by atoms with Crippen molar-refractivity contribution < 1.29 is 14.3 Å². The molecular formula is C11H12FNO2S. The molecule has 1 aromatic carbocycles. The number of hydrogen-bond acceptors (Lipinski definition) is 3. The molecule has 0 saturated heterocycles. The van der Waals surface area contributed by atoms with Crippen LogP contribution in [0.4, 0.5) is 10.1 Å². The third-order valence-electron chi connectivity index (χ3n) is 1.95. The van der Waals surface area contributed by atoms with Crippen molar-refractivity contribution in [3.05, 3.63) is 35.7 Å². The molecule has 0 amide bonds. The summed E-state index contributed by atoms with van der Waals surface area (Å²) in [5.41, 5.74) is 5.72. The molecule has 1 aromatic rings. The Balaban J connectivity index is 2.59. The fraction of sp³-hybridized carbons (Fsp3) is 0.182. The van der Waals surface area contributed by atoms with Gasteiger partial charge < -0.3 is 10.8 Å². The Bertz CT molecular complexity index is 432. The third-order valence-corrected chi connectivity index (χ3v) is 2.87. The van der Waals surface area contributed by atoms with Gasteiger partial charge in [-0.3, -0.25) is 0 Å². The molecule has 3 nitrogen and oxygen atoms in total. The predicted octanol–water partition coefficient (Wildman–Crippen LogP) is 2.53. The first kappa shape index (κ1) is 12.6. The van der Waals surface area contributed by atoms with Gasteiger partial charge in [-0.25, -0.2) is 9.18 Å². The lowest BCUT2D eigenvalue weighted by molar-refractivity contribution is -0.132. The largest absolute Gasteiger partial charge is 0.478 e. The quantitative estimate of drug-likeness (QED) is 0.483. The van der Waals surface area contributed by atoms with Crippen molar-refractivity contribution in [3.63, 3.8) is 0 Å². The van der Waals surface area contributed by atoms with Gasteiger partial charge >= 0.3 is 5.97 Å². The number of benzene rings is 1. The first-order chi connectivity index (χ1) is 7.50. The van der Waals surface area contributed by atoms with Gasteiger partial charge in [-0.1, -0.05) is 6.08 Å². The summed E-state index contributed by atoms with van der Waals surface area (Å²) in [4.78, 5) is 11.2. The molecular weight excluding hydrogens is 229 g/mol. The highest BCUT2D eigenvalue weighted by molar-refractivity contribution is 7.99. The molecule has 0 unspecified atom stereocenters. The Morgan fingerprint density at radius 1 is 1.62 bits per heavy atom. The summed E-state index contributed by atoms with van der Waals surface area (Å²) in [7, 11) is 0. The number of carboxylic acids is 1. The van der Waals surface area contributed by atoms with Crippen molar-refractivity contribution in [3.8, 4) is 0 Å². The van der Waals surface area contributed by atoms with Gasteiger partial charge in [0, 0.05) is 16.2 Å². The number of anilines is 1. The molecule has 1 rings (SSSR count). The molecule has 0 heterocycles. The van der Waals surface area contributed by atoms with Gasteiger partial charge in [0.05, 0.1) is 5.69 Å². The molecule has 16 heavy (non-hydrogen) atoms. The number of halogens is 1. The lowest BCUT2D eigenvalue weighted by atomic mass is 10.3. The van der Waals surface area contributed by atoms with Crippen LogP contribution in [0.5, 0.6) is 0 Å². The maximum Gasteiger partial charge on any atom is 0.330 e. The predicted molar refractivity (Wildman–Crippen MR) is 62.9 cm³/mol. The lowest BCUT2D eigenvalue weighted by Crippen LogP contribution is -1.96. The van der Waals surface area contributed by atoms with Gasteiger partial charge in [-0.15, -0.1) is 11.8 Å². The molecule has 0 fully saturated rings. The second-order valence-electron chi connectivity index (χ2n) is 3.19. The second kappa shape index (κ2) is 5.55. The normalized spacial score (nSPS) is 11.5. The van der Waals surface area contributed by atoms with Crippen molar-refractivity contribution in [1.29, 1.82) is 0 Å². The zero-order chi connectivity index (χ0) is 12.1. The van der Waals surface area contributed by atoms with Crippen LogP contribution in [0.15, 0.2) is 34.7 Å². The van der Waals surface area contributed by atoms with E-state index in [2.05, 4.69) is 0 Å². The molecule has 0 spiro atoms. The highest BCUT2D eigenvalue weighted by atomic mass is 32.2. The van der Waals surface area contributed by atoms with Crippen LogP contribution in [-0.4, -0.2) is 16.8 Å². The minimum atomic E-state index is -0.941. The van der Waals surface area contributed by atoms with E-state index in [4.69, 9.17) is 10.8 Å². The minimum absolute atomic E-state index is 0.113. The van der Waals surface area contributed by atoms with Gasteiger partial charge in [0.1, 0.15) is 5.82 Å². The number of carboxylic acid groups (broad SMARTS) is 1. The number of carbonyl (C=O) groups is 1. The molecule has 0 aliphatic carbocycles. The summed E-state index contributed by atoms with van der Waals surface area (Å²) in [6.45, 7) is 1.52. The number of aliphatic carboxylic acids is 1. The molecule has 3 N–H and O–H groups in total. The minimum Gasteiger partial charge on any atom is -0.478 e. The van der Waals surface area contributed by atoms with Gasteiger partial charge in [-0.05, 0) is 25.1 Å². The summed E-state index contributed by atoms with van der Waals surface area (Å²) in [5.74, 6) is -0.908. The number of hydrogen-bond donors (Lipinski definition) is 2. The van der Waals surface area contributed by atoms with E-state index < -0.39 is 11.8 Å². The second-order valence-corrected chi connectivity index (χ2v) is 4.28. The van der Waals surface area contributed by atoms with Crippen LogP contribution < -0.4 is 5.73 Å². The van der Waals surface area contributed by atoms with E-state index >= 15 is 0 Å². The smallest absolute Gasteiger partial charge is 0.330 e. The molecule has 0 bridgehead atoms. The van der Waals surface area contributed by atoms with E-state index in [0.717, 1.165) is 4.90 Å². The highest BCUT2D eigenvalue weighted by Crippen LogP contribution is 2.22. The van der Waals surface area contributed by atoms with Gasteiger partial charge in [0.25, 0.3) is 0 Å². The molecule has 0 atom stereocenters. The Morgan fingerprint density at radius 2 is 2.31 bits per heavy atom. The summed E-state index contributed by atoms with van der Waals surface area (Å²) < 4.78 is 13.0. The maximum absolute atomic E-state index is 13.0. The summed E-state index contributed by atoms with van der Waals surface area (Å²) >= 11 is 1.35. The molecule has 0 aromatic heterocycles. The van der Waals surface area contributed by atoms with Crippen LogP contribution in [0.2, 0.25) is 0 Å². The zero-order valence-corrected chi connectivity index (χ0v) is 9.55. The molecule has 0 aliphatic heterocycles. The van der Waals surface area contributed by atoms with E-state index in [-0.39, 0.29) is 11.3 Å². The fourth-order valence-electron chi connectivity index (χ4n) is 0.948. The molecule has 0 saturated carbocycles. The first-order valence-corrected chi connectivity index (χ1v) is 5.57. The Morgan fingerprint density at radius 3 is 2.88 bits per heavy atom. The number of nitrogen functional groups attached to an aromatic ring is 1. The standard InChI is InChI=1S/C11H12FNO2S/c1-7(11(14)15)4-5-16-8-2-3-10(13)9(12)6-8/h2-4,6H,5,13H2,1H3,(H,14,15). The molecule has 0 radical (unpaired) electrons. The summed E-state index contributed by atoms with van der Waals surface area (Å²) in [5, 5.41) is 8.61. The maximum atomic E-state index is 13.0. The summed E-state index contributed by atoms with van der Waals surface area (Å²) in [6, 6.07) is 4.53. The molecule has 0 aliphatic rings. The average molecular weight is 241 g/mol. The average Bonchev–Trinajstić information content (AvgIpc) is 2.23. The van der Waals surface area contributed by atoms with Gasteiger partial charge in [-0.2, -0.15) is 0 Å². The zero-order valence-electron chi connectivity index (χ0n) is 8.74. The van der Waals surface area contributed by atoms with Crippen LogP contribution in [0.3, 0.4) is 0 Å². The first-order valence-electron chi connectivity index (χ1n) is 4.58. The topological polar surface area (TPSA) is 63.3 Å². The van der Waals surface area contributed by atoms with Crippen LogP contribution in [0.25, 0.3) is 0 Å². The van der Waals surface area contributed by atoms with Crippen LogP contribution in [0.1, 0.15) is 6.92 Å². The van der Waals surface area contributed by atoms with Gasteiger partial charge in [0.15, 0.2) is 0 Å². The monoisotopic (exact) mass is 241 g/mol. The lowest BCUT2D eigenvalue weighted by Gasteiger charge is -2.01. The molecule has 5 heteroatoms. The Labute approximate surface area is 97.2 Å². The van der Waals surface area contributed by atoms with Crippen molar-refractivity contribution in [2.24, 2.45) is 0 Å². The van der Waals surface area contributed by atoms with E-state index in [0.29, 0.717) is 5.75 Å². The SMILES string of the molecule is CC(=CCSc1ccc(N)c(F)c1)C(=O)O. The van der Waals surface area contributed by atoms with Crippen LogP contribution in [0, 0.1) is 5.82 Å². The van der Waals surface area contributed by atoms with Crippen LogP contribution >= 0.6 is 11.8 Å². The van der Waals surface area contributed by atoms with E-state index in [9.17, 15) is 9.18 Å². The van der Waals surface area contributed by atoms with Crippen molar-refractivity contribution in [2.45, 2.75) is 11.8 Å². The summed E-state index contributed by atoms with van der Waals surface area (Å²) in [6.07, 6.45) is 1.58. The number of thioether (sulfide) groups is 1. The number of rotatable bonds is 4. The number of nitrogens with two attached hydrogens (primary N) is 1. The van der Waals surface area contributed by atoms with E-state index in [1.165, 1.54) is 30.8 Å². The third kappa shape index (κ3) is 3.58. The van der Waals surface area contributed by atoms with E-state index in [1.807, 2.05) is 0 Å². The van der Waals surface area contributed by atoms with Crippen molar-refractivity contribution >= 4 is 23.4 Å². The van der Waals surface area contributed by atoms with Crippen molar-refractivity contribution in [1.82, 2.24) is 0 Å². The van der Waals surface area contributed by atoms with Crippen LogP contribution in [-0.2, 0) is 4.79 Å². The highest BCUT2D eigenvalue weighted by Gasteiger charge is 2.01. The van der Waals surface area contributed by atoms with Gasteiger partial charge in [0.2, 0.25) is 0 Å². The molecule has 86 valence electrons.